The normalized spacial score (nSPS) is 18.3. The zero-order valence-electron chi connectivity index (χ0n) is 17.2. The van der Waals surface area contributed by atoms with Crippen LogP contribution >= 0.6 is 0 Å². The van der Waals surface area contributed by atoms with Crippen LogP contribution in [0.1, 0.15) is 35.4 Å². The van der Waals surface area contributed by atoms with Gasteiger partial charge in [0.15, 0.2) is 0 Å². The van der Waals surface area contributed by atoms with E-state index in [1.165, 1.54) is 4.31 Å². The number of hydrogen-bond acceptors (Lipinski definition) is 5. The maximum absolute atomic E-state index is 12.9. The number of aryl methyl sites for hydroxylation is 3. The molecule has 1 fully saturated rings. The van der Waals surface area contributed by atoms with Crippen molar-refractivity contribution in [2.24, 2.45) is 18.1 Å². The average Bonchev–Trinajstić information content (AvgIpc) is 2.94. The second-order valence-corrected chi connectivity index (χ2v) is 9.40. The van der Waals surface area contributed by atoms with Crippen molar-refractivity contribution in [2.45, 2.75) is 38.5 Å². The van der Waals surface area contributed by atoms with Crippen LogP contribution < -0.4 is 5.43 Å². The van der Waals surface area contributed by atoms with Gasteiger partial charge in [-0.1, -0.05) is 17.7 Å². The third-order valence-electron chi connectivity index (χ3n) is 5.35. The molecule has 0 saturated carbocycles. The monoisotopic (exact) mass is 417 g/mol. The fourth-order valence-electron chi connectivity index (χ4n) is 3.46. The number of benzene rings is 1. The van der Waals surface area contributed by atoms with Crippen molar-refractivity contribution in [1.29, 1.82) is 0 Å². The fourth-order valence-corrected chi connectivity index (χ4v) is 4.99. The van der Waals surface area contributed by atoms with E-state index in [1.807, 2.05) is 27.8 Å². The lowest BCUT2D eigenvalue weighted by Crippen LogP contribution is -2.44. The summed E-state index contributed by atoms with van der Waals surface area (Å²) in [6.45, 7) is 6.29. The van der Waals surface area contributed by atoms with E-state index in [9.17, 15) is 13.2 Å². The van der Waals surface area contributed by atoms with Crippen molar-refractivity contribution in [1.82, 2.24) is 19.5 Å². The van der Waals surface area contributed by atoms with Crippen LogP contribution in [0.15, 0.2) is 34.3 Å². The maximum Gasteiger partial charge on any atom is 0.244 e. The van der Waals surface area contributed by atoms with Crippen LogP contribution in [0.3, 0.4) is 0 Å². The van der Waals surface area contributed by atoms with Gasteiger partial charge in [0.05, 0.1) is 22.7 Å². The number of nitrogens with zero attached hydrogens (tertiary/aromatic N) is 4. The number of sulfonamides is 1. The largest absolute Gasteiger partial charge is 0.273 e. The molecule has 3 rings (SSSR count). The predicted molar refractivity (Wildman–Crippen MR) is 111 cm³/mol. The summed E-state index contributed by atoms with van der Waals surface area (Å²) >= 11 is 0. The highest BCUT2D eigenvalue weighted by Crippen LogP contribution is 2.24. The SMILES string of the molecule is Cc1ccc(S(=O)(=O)N2CCC[C@@H](C(=O)N/N=C\c3c(C)nn(C)c3C)C2)cc1. The second kappa shape index (κ2) is 8.46. The molecule has 0 aliphatic carbocycles. The summed E-state index contributed by atoms with van der Waals surface area (Å²) in [7, 11) is -1.76. The highest BCUT2D eigenvalue weighted by atomic mass is 32.2. The summed E-state index contributed by atoms with van der Waals surface area (Å²) in [4.78, 5) is 12.8. The van der Waals surface area contributed by atoms with Crippen molar-refractivity contribution in [3.8, 4) is 0 Å². The minimum atomic E-state index is -3.61. The predicted octanol–water partition coefficient (Wildman–Crippen LogP) is 1.90. The molecule has 8 nitrogen and oxygen atoms in total. The van der Waals surface area contributed by atoms with E-state index >= 15 is 0 Å². The standard InChI is InChI=1S/C20H27N5O3S/c1-14-7-9-18(10-8-14)29(27,28)25-11-5-6-17(13-25)20(26)22-21-12-19-15(2)23-24(4)16(19)3/h7-10,12,17H,5-6,11,13H2,1-4H3,(H,22,26)/b21-12-/t17-/m1/s1. The van der Waals surface area contributed by atoms with Gasteiger partial charge in [-0.05, 0) is 45.7 Å². The molecule has 0 spiro atoms. The number of piperidine rings is 1. The molecule has 1 atom stereocenters. The second-order valence-electron chi connectivity index (χ2n) is 7.46. The summed E-state index contributed by atoms with van der Waals surface area (Å²) in [5.41, 5.74) is 6.20. The van der Waals surface area contributed by atoms with Crippen molar-refractivity contribution in [2.75, 3.05) is 13.1 Å². The third-order valence-corrected chi connectivity index (χ3v) is 7.23. The molecule has 0 bridgehead atoms. The Hall–Kier alpha value is -2.52. The molecular weight excluding hydrogens is 390 g/mol. The summed E-state index contributed by atoms with van der Waals surface area (Å²) in [5.74, 6) is -0.707. The van der Waals surface area contributed by atoms with Gasteiger partial charge in [-0.3, -0.25) is 9.48 Å². The van der Waals surface area contributed by atoms with Gasteiger partial charge < -0.3 is 0 Å². The highest BCUT2D eigenvalue weighted by Gasteiger charge is 2.33. The van der Waals surface area contributed by atoms with Gasteiger partial charge in [0.1, 0.15) is 0 Å². The van der Waals surface area contributed by atoms with Gasteiger partial charge >= 0.3 is 0 Å². The molecule has 156 valence electrons. The molecule has 0 unspecified atom stereocenters. The summed E-state index contributed by atoms with van der Waals surface area (Å²) < 4.78 is 28.9. The van der Waals surface area contributed by atoms with Crippen LogP contribution in [0.25, 0.3) is 0 Å². The number of hydrazone groups is 1. The number of carbonyl (C=O) groups is 1. The van der Waals surface area contributed by atoms with E-state index in [-0.39, 0.29) is 17.3 Å². The Kier molecular flexibility index (Phi) is 6.18. The Balaban J connectivity index is 1.66. The van der Waals surface area contributed by atoms with Crippen molar-refractivity contribution < 1.29 is 13.2 Å². The van der Waals surface area contributed by atoms with E-state index in [2.05, 4.69) is 15.6 Å². The molecule has 1 saturated heterocycles. The average molecular weight is 418 g/mol. The molecule has 1 aromatic carbocycles. The number of amides is 1. The van der Waals surface area contributed by atoms with Gasteiger partial charge in [0.25, 0.3) is 0 Å². The molecule has 9 heteroatoms. The molecule has 2 aromatic rings. The fraction of sp³-hybridized carbons (Fsp3) is 0.450. The van der Waals surface area contributed by atoms with Crippen LogP contribution in [-0.2, 0) is 21.9 Å². The molecule has 1 aliphatic heterocycles. The first-order valence-electron chi connectivity index (χ1n) is 9.60. The molecule has 1 amide bonds. The van der Waals surface area contributed by atoms with Crippen molar-refractivity contribution in [3.63, 3.8) is 0 Å². The van der Waals surface area contributed by atoms with E-state index in [0.29, 0.717) is 19.4 Å². The lowest BCUT2D eigenvalue weighted by Gasteiger charge is -2.30. The molecule has 29 heavy (non-hydrogen) atoms. The minimum Gasteiger partial charge on any atom is -0.273 e. The highest BCUT2D eigenvalue weighted by molar-refractivity contribution is 7.89. The van der Waals surface area contributed by atoms with E-state index < -0.39 is 15.9 Å². The van der Waals surface area contributed by atoms with Crippen molar-refractivity contribution in [3.05, 3.63) is 46.8 Å². The molecule has 1 aromatic heterocycles. The first kappa shape index (κ1) is 21.2. The zero-order valence-corrected chi connectivity index (χ0v) is 18.0. The van der Waals surface area contributed by atoms with Crippen LogP contribution in [0.2, 0.25) is 0 Å². The van der Waals surface area contributed by atoms with Gasteiger partial charge in [-0.15, -0.1) is 0 Å². The Morgan fingerprint density at radius 2 is 1.93 bits per heavy atom. The Morgan fingerprint density at radius 1 is 1.24 bits per heavy atom. The molecule has 1 aliphatic rings. The quantitative estimate of drug-likeness (QED) is 0.594. The topological polar surface area (TPSA) is 96.7 Å². The number of carbonyl (C=O) groups excluding carboxylic acids is 1. The minimum absolute atomic E-state index is 0.155. The lowest BCUT2D eigenvalue weighted by atomic mass is 9.99. The molecule has 2 heterocycles. The molecule has 1 N–H and O–H groups in total. The Labute approximate surface area is 171 Å². The van der Waals surface area contributed by atoms with Gasteiger partial charge in [-0.2, -0.15) is 14.5 Å². The van der Waals surface area contributed by atoms with E-state index in [1.54, 1.807) is 35.2 Å². The van der Waals surface area contributed by atoms with Gasteiger partial charge in [-0.25, -0.2) is 13.8 Å². The third kappa shape index (κ3) is 4.56. The smallest absolute Gasteiger partial charge is 0.244 e. The van der Waals surface area contributed by atoms with Crippen molar-refractivity contribution >= 4 is 22.1 Å². The zero-order chi connectivity index (χ0) is 21.2. The van der Waals surface area contributed by atoms with Gasteiger partial charge in [0.2, 0.25) is 15.9 Å². The number of aromatic nitrogens is 2. The Morgan fingerprint density at radius 3 is 2.55 bits per heavy atom. The van der Waals surface area contributed by atoms with Crippen LogP contribution in [-0.4, -0.2) is 47.7 Å². The Bertz CT molecular complexity index is 1030. The number of nitrogens with one attached hydrogen (secondary N) is 1. The van der Waals surface area contributed by atoms with Crippen LogP contribution in [0, 0.1) is 26.7 Å². The van der Waals surface area contributed by atoms with E-state index in [0.717, 1.165) is 22.5 Å². The van der Waals surface area contributed by atoms with Gasteiger partial charge in [0, 0.05) is 31.4 Å². The van der Waals surface area contributed by atoms with Crippen LogP contribution in [0.5, 0.6) is 0 Å². The molecule has 0 radical (unpaired) electrons. The maximum atomic E-state index is 12.9. The van der Waals surface area contributed by atoms with E-state index in [4.69, 9.17) is 0 Å². The number of hydrogen-bond donors (Lipinski definition) is 1. The summed E-state index contributed by atoms with van der Waals surface area (Å²) in [6, 6.07) is 6.77. The summed E-state index contributed by atoms with van der Waals surface area (Å²) in [5, 5.41) is 8.37. The first-order chi connectivity index (χ1) is 13.7. The lowest BCUT2D eigenvalue weighted by molar-refractivity contribution is -0.126. The summed E-state index contributed by atoms with van der Waals surface area (Å²) in [6.07, 6.45) is 2.85. The number of rotatable bonds is 5. The molecular formula is C20H27N5O3S. The first-order valence-corrected chi connectivity index (χ1v) is 11.0. The van der Waals surface area contributed by atoms with Crippen LogP contribution in [0.4, 0.5) is 0 Å².